The van der Waals surface area contributed by atoms with Crippen molar-refractivity contribution in [3.63, 3.8) is 0 Å². The minimum absolute atomic E-state index is 0.0943. The highest BCUT2D eigenvalue weighted by atomic mass is 32.1. The molecular formula is C13H19N5OS. The summed E-state index contributed by atoms with van der Waals surface area (Å²) in [5.74, 6) is 0. The smallest absolute Gasteiger partial charge is 0.275 e. The van der Waals surface area contributed by atoms with Crippen molar-refractivity contribution >= 4 is 16.3 Å². The molecule has 0 saturated carbocycles. The van der Waals surface area contributed by atoms with Crippen LogP contribution in [0.3, 0.4) is 0 Å². The van der Waals surface area contributed by atoms with E-state index < -0.39 is 0 Å². The highest BCUT2D eigenvalue weighted by Gasteiger charge is 2.25. The second kappa shape index (κ2) is 5.59. The van der Waals surface area contributed by atoms with E-state index in [1.165, 1.54) is 34.8 Å². The van der Waals surface area contributed by atoms with Gasteiger partial charge in [0.25, 0.3) is 5.56 Å². The number of fused-ring (bicyclic) bond motifs is 1. The molecule has 1 atom stereocenters. The van der Waals surface area contributed by atoms with E-state index in [1.807, 2.05) is 14.0 Å². The lowest BCUT2D eigenvalue weighted by Gasteiger charge is -2.22. The van der Waals surface area contributed by atoms with E-state index in [0.717, 1.165) is 30.3 Å². The fourth-order valence-corrected chi connectivity index (χ4v) is 3.74. The van der Waals surface area contributed by atoms with Crippen molar-refractivity contribution in [3.8, 4) is 0 Å². The maximum absolute atomic E-state index is 11.9. The zero-order chi connectivity index (χ0) is 14.1. The van der Waals surface area contributed by atoms with Gasteiger partial charge in [0.05, 0.1) is 6.54 Å². The predicted octanol–water partition coefficient (Wildman–Crippen LogP) is 0.643. The van der Waals surface area contributed by atoms with Gasteiger partial charge in [-0.2, -0.15) is 9.61 Å². The molecule has 108 valence electrons. The third-order valence-corrected chi connectivity index (χ3v) is 4.59. The molecule has 1 aliphatic heterocycles. The molecule has 2 aromatic rings. The second-order valence-corrected chi connectivity index (χ2v) is 6.29. The first-order valence-electron chi connectivity index (χ1n) is 6.92. The van der Waals surface area contributed by atoms with Gasteiger partial charge in [0.15, 0.2) is 0 Å². The lowest BCUT2D eigenvalue weighted by molar-refractivity contribution is 0.241. The van der Waals surface area contributed by atoms with Crippen LogP contribution >= 0.6 is 11.3 Å². The fraction of sp³-hybridized carbons (Fsp3) is 0.615. The molecule has 3 rings (SSSR count). The topological polar surface area (TPSA) is 62.5 Å². The Balaban J connectivity index is 1.84. The Morgan fingerprint density at radius 2 is 2.40 bits per heavy atom. The van der Waals surface area contributed by atoms with Crippen LogP contribution in [-0.2, 0) is 6.54 Å². The van der Waals surface area contributed by atoms with E-state index in [1.54, 1.807) is 0 Å². The quantitative estimate of drug-likeness (QED) is 0.896. The largest absolute Gasteiger partial charge is 0.318 e. The number of hydrogen-bond acceptors (Lipinski definition) is 6. The van der Waals surface area contributed by atoms with E-state index in [4.69, 9.17) is 0 Å². The summed E-state index contributed by atoms with van der Waals surface area (Å²) in [6, 6.07) is 2.09. The van der Waals surface area contributed by atoms with Gasteiger partial charge in [-0.1, -0.05) is 11.3 Å². The predicted molar refractivity (Wildman–Crippen MR) is 79.2 cm³/mol. The van der Waals surface area contributed by atoms with Crippen LogP contribution in [0.2, 0.25) is 0 Å². The monoisotopic (exact) mass is 293 g/mol. The molecule has 0 aromatic carbocycles. The first kappa shape index (κ1) is 13.7. The maximum Gasteiger partial charge on any atom is 0.275 e. The first-order valence-corrected chi connectivity index (χ1v) is 7.74. The number of aryl methyl sites for hydroxylation is 1. The Bertz CT molecular complexity index is 664. The molecule has 1 aliphatic rings. The summed E-state index contributed by atoms with van der Waals surface area (Å²) in [5.41, 5.74) is 0.655. The van der Waals surface area contributed by atoms with Crippen LogP contribution < -0.4 is 10.9 Å². The molecule has 1 N–H and O–H groups in total. The Hall–Kier alpha value is -1.31. The number of nitrogens with one attached hydrogen (secondary N) is 1. The third-order valence-electron chi connectivity index (χ3n) is 3.69. The molecule has 0 aliphatic carbocycles. The maximum atomic E-state index is 11.9. The van der Waals surface area contributed by atoms with Gasteiger partial charge < -0.3 is 5.32 Å². The normalized spacial score (nSPS) is 20.0. The van der Waals surface area contributed by atoms with Crippen molar-refractivity contribution in [2.75, 3.05) is 20.1 Å². The molecule has 1 saturated heterocycles. The Morgan fingerprint density at radius 1 is 1.55 bits per heavy atom. The molecule has 0 radical (unpaired) electrons. The van der Waals surface area contributed by atoms with Crippen molar-refractivity contribution in [2.24, 2.45) is 0 Å². The lowest BCUT2D eigenvalue weighted by Crippen LogP contribution is -2.36. The Morgan fingerprint density at radius 3 is 3.20 bits per heavy atom. The number of hydrogen-bond donors (Lipinski definition) is 1. The minimum atomic E-state index is -0.0943. The zero-order valence-corrected chi connectivity index (χ0v) is 12.6. The molecule has 1 fully saturated rings. The van der Waals surface area contributed by atoms with Crippen molar-refractivity contribution in [2.45, 2.75) is 32.4 Å². The lowest BCUT2D eigenvalue weighted by atomic mass is 10.2. The Labute approximate surface area is 121 Å². The van der Waals surface area contributed by atoms with E-state index in [2.05, 4.69) is 20.3 Å². The van der Waals surface area contributed by atoms with Gasteiger partial charge in [0.2, 0.25) is 4.96 Å². The van der Waals surface area contributed by atoms with Gasteiger partial charge in [-0.15, -0.1) is 0 Å². The summed E-state index contributed by atoms with van der Waals surface area (Å²) in [6.07, 6.45) is 2.46. The van der Waals surface area contributed by atoms with E-state index >= 15 is 0 Å². The highest BCUT2D eigenvalue weighted by molar-refractivity contribution is 7.16. The van der Waals surface area contributed by atoms with E-state index in [9.17, 15) is 4.79 Å². The summed E-state index contributed by atoms with van der Waals surface area (Å²) in [4.78, 5) is 19.4. The minimum Gasteiger partial charge on any atom is -0.318 e. The number of aromatic nitrogens is 3. The molecule has 1 unspecified atom stereocenters. The number of nitrogens with zero attached hydrogens (tertiary/aromatic N) is 4. The average molecular weight is 293 g/mol. The van der Waals surface area contributed by atoms with Gasteiger partial charge in [-0.25, -0.2) is 4.98 Å². The third kappa shape index (κ3) is 2.61. The van der Waals surface area contributed by atoms with E-state index in [-0.39, 0.29) is 5.56 Å². The fourth-order valence-electron chi connectivity index (χ4n) is 2.77. The number of rotatable bonds is 4. The first-order chi connectivity index (χ1) is 9.67. The van der Waals surface area contributed by atoms with Crippen LogP contribution in [0.4, 0.5) is 0 Å². The van der Waals surface area contributed by atoms with Crippen LogP contribution in [0.5, 0.6) is 0 Å². The summed E-state index contributed by atoms with van der Waals surface area (Å²) in [5, 5.41) is 8.61. The molecule has 0 spiro atoms. The van der Waals surface area contributed by atoms with Crippen LogP contribution in [-0.4, -0.2) is 45.7 Å². The molecule has 0 bridgehead atoms. The van der Waals surface area contributed by atoms with Crippen molar-refractivity contribution in [1.29, 1.82) is 0 Å². The van der Waals surface area contributed by atoms with Crippen molar-refractivity contribution in [1.82, 2.24) is 24.8 Å². The molecule has 6 nitrogen and oxygen atoms in total. The number of likely N-dealkylation sites (N-methyl/N-ethyl adjacent to an activating group) is 1. The van der Waals surface area contributed by atoms with Gasteiger partial charge >= 0.3 is 0 Å². The molecule has 3 heterocycles. The average Bonchev–Trinajstić information content (AvgIpc) is 2.98. The van der Waals surface area contributed by atoms with Crippen molar-refractivity contribution < 1.29 is 0 Å². The standard InChI is InChI=1S/C13H19N5OS/c1-9-6-12(19)18-13(15-9)20-11(16-18)8-17-5-3-4-10(17)7-14-2/h6,10,14H,3-5,7-8H2,1-2H3. The summed E-state index contributed by atoms with van der Waals surface area (Å²) >= 11 is 1.51. The molecular weight excluding hydrogens is 274 g/mol. The van der Waals surface area contributed by atoms with Gasteiger partial charge in [-0.3, -0.25) is 9.69 Å². The van der Waals surface area contributed by atoms with Gasteiger partial charge in [0.1, 0.15) is 5.01 Å². The van der Waals surface area contributed by atoms with Gasteiger partial charge in [0, 0.05) is 24.3 Å². The molecule has 20 heavy (non-hydrogen) atoms. The summed E-state index contributed by atoms with van der Waals surface area (Å²) in [7, 11) is 1.99. The van der Waals surface area contributed by atoms with Gasteiger partial charge in [-0.05, 0) is 33.4 Å². The number of likely N-dealkylation sites (tertiary alicyclic amines) is 1. The Kier molecular flexibility index (Phi) is 3.82. The van der Waals surface area contributed by atoms with Crippen LogP contribution in [0.1, 0.15) is 23.5 Å². The van der Waals surface area contributed by atoms with Crippen LogP contribution in [0, 0.1) is 6.92 Å². The molecule has 0 amide bonds. The molecule has 7 heteroatoms. The van der Waals surface area contributed by atoms with Crippen LogP contribution in [0.25, 0.3) is 4.96 Å². The van der Waals surface area contributed by atoms with Crippen LogP contribution in [0.15, 0.2) is 10.9 Å². The molecule has 2 aromatic heterocycles. The van der Waals surface area contributed by atoms with E-state index in [0.29, 0.717) is 11.0 Å². The summed E-state index contributed by atoms with van der Waals surface area (Å²) < 4.78 is 1.41. The van der Waals surface area contributed by atoms with Crippen molar-refractivity contribution in [3.05, 3.63) is 27.1 Å². The highest BCUT2D eigenvalue weighted by Crippen LogP contribution is 2.21. The SMILES string of the molecule is CNCC1CCCN1Cc1nn2c(=O)cc(C)nc2s1. The summed E-state index contributed by atoms with van der Waals surface area (Å²) in [6.45, 7) is 4.74. The second-order valence-electron chi connectivity index (χ2n) is 5.25. The zero-order valence-electron chi connectivity index (χ0n) is 11.8.